The number of rotatable bonds is 4. The maximum absolute atomic E-state index is 12.0. The van der Waals surface area contributed by atoms with Crippen molar-refractivity contribution in [2.24, 2.45) is 0 Å². The first-order chi connectivity index (χ1) is 10.7. The molecule has 1 aromatic rings. The second-order valence-electron chi connectivity index (χ2n) is 6.15. The molecule has 5 nitrogen and oxygen atoms in total. The zero-order valence-corrected chi connectivity index (χ0v) is 13.3. The molecule has 1 aliphatic heterocycles. The smallest absolute Gasteiger partial charge is 0.234 e. The van der Waals surface area contributed by atoms with Crippen LogP contribution in [0, 0.1) is 0 Å². The van der Waals surface area contributed by atoms with Crippen molar-refractivity contribution in [1.82, 2.24) is 10.2 Å². The highest BCUT2D eigenvalue weighted by atomic mass is 16.5. The fraction of sp³-hybridized carbons (Fsp3) is 0.588. The van der Waals surface area contributed by atoms with Crippen molar-refractivity contribution in [3.8, 4) is 11.5 Å². The topological polar surface area (TPSA) is 50.8 Å². The Balaban J connectivity index is 1.79. The van der Waals surface area contributed by atoms with Crippen LogP contribution in [0.5, 0.6) is 11.5 Å². The number of carbonyl (C=O) groups is 1. The second-order valence-corrected chi connectivity index (χ2v) is 6.15. The number of amides is 1. The van der Waals surface area contributed by atoms with Gasteiger partial charge in [0, 0.05) is 24.7 Å². The summed E-state index contributed by atoms with van der Waals surface area (Å²) in [6.07, 6.45) is 4.71. The highest BCUT2D eigenvalue weighted by molar-refractivity contribution is 5.79. The van der Waals surface area contributed by atoms with E-state index in [2.05, 4.69) is 10.2 Å². The third-order valence-corrected chi connectivity index (χ3v) is 4.69. The number of nitrogens with zero attached hydrogens (tertiary/aromatic N) is 1. The normalized spacial score (nSPS) is 25.3. The summed E-state index contributed by atoms with van der Waals surface area (Å²) in [7, 11) is 3.31. The molecule has 2 fully saturated rings. The maximum atomic E-state index is 12.0. The Morgan fingerprint density at radius 3 is 2.50 bits per heavy atom. The van der Waals surface area contributed by atoms with Crippen LogP contribution in [0.4, 0.5) is 0 Å². The molecule has 2 aliphatic rings. The third kappa shape index (κ3) is 3.19. The summed E-state index contributed by atoms with van der Waals surface area (Å²) in [5.74, 6) is 1.71. The Morgan fingerprint density at radius 2 is 1.82 bits per heavy atom. The molecule has 120 valence electrons. The lowest BCUT2D eigenvalue weighted by Gasteiger charge is -2.44. The van der Waals surface area contributed by atoms with E-state index in [1.54, 1.807) is 14.2 Å². The van der Waals surface area contributed by atoms with Gasteiger partial charge in [-0.05, 0) is 30.5 Å². The molecule has 1 aliphatic carbocycles. The average molecular weight is 304 g/mol. The molecule has 22 heavy (non-hydrogen) atoms. The summed E-state index contributed by atoms with van der Waals surface area (Å²) >= 11 is 0. The number of hydrogen-bond donors (Lipinski definition) is 1. The minimum absolute atomic E-state index is 0.137. The fourth-order valence-corrected chi connectivity index (χ4v) is 3.64. The molecule has 0 unspecified atom stereocenters. The van der Waals surface area contributed by atoms with Crippen LogP contribution in [0.15, 0.2) is 18.2 Å². The van der Waals surface area contributed by atoms with E-state index >= 15 is 0 Å². The first kappa shape index (κ1) is 15.2. The highest BCUT2D eigenvalue weighted by Gasteiger charge is 2.36. The lowest BCUT2D eigenvalue weighted by molar-refractivity contribution is -0.128. The van der Waals surface area contributed by atoms with Crippen LogP contribution in [-0.2, 0) is 11.3 Å². The molecule has 1 aromatic carbocycles. The van der Waals surface area contributed by atoms with Gasteiger partial charge in [0.25, 0.3) is 0 Å². The van der Waals surface area contributed by atoms with Crippen molar-refractivity contribution in [3.05, 3.63) is 23.8 Å². The minimum atomic E-state index is 0.137. The summed E-state index contributed by atoms with van der Waals surface area (Å²) in [5, 5.41) is 3.15. The van der Waals surface area contributed by atoms with Gasteiger partial charge in [-0.3, -0.25) is 9.69 Å². The molecule has 0 radical (unpaired) electrons. The van der Waals surface area contributed by atoms with Gasteiger partial charge in [-0.15, -0.1) is 0 Å². The van der Waals surface area contributed by atoms with Gasteiger partial charge in [-0.2, -0.15) is 0 Å². The monoisotopic (exact) mass is 304 g/mol. The molecule has 0 spiro atoms. The van der Waals surface area contributed by atoms with Crippen LogP contribution in [0.25, 0.3) is 0 Å². The van der Waals surface area contributed by atoms with Gasteiger partial charge < -0.3 is 14.8 Å². The molecule has 1 saturated heterocycles. The van der Waals surface area contributed by atoms with Gasteiger partial charge in [-0.1, -0.05) is 12.8 Å². The van der Waals surface area contributed by atoms with E-state index in [1.165, 1.54) is 12.8 Å². The van der Waals surface area contributed by atoms with Crippen LogP contribution in [-0.4, -0.2) is 43.7 Å². The zero-order chi connectivity index (χ0) is 15.5. The number of methoxy groups -OCH3 is 2. The lowest BCUT2D eigenvalue weighted by Crippen LogP contribution is -2.61. The van der Waals surface area contributed by atoms with E-state index in [9.17, 15) is 4.79 Å². The molecule has 0 aromatic heterocycles. The first-order valence-corrected chi connectivity index (χ1v) is 7.95. The van der Waals surface area contributed by atoms with Crippen molar-refractivity contribution in [1.29, 1.82) is 0 Å². The van der Waals surface area contributed by atoms with E-state index in [0.29, 0.717) is 18.6 Å². The maximum Gasteiger partial charge on any atom is 0.234 e. The van der Waals surface area contributed by atoms with Gasteiger partial charge in [0.2, 0.25) is 5.91 Å². The molecule has 5 heteroatoms. The van der Waals surface area contributed by atoms with Crippen LogP contribution < -0.4 is 14.8 Å². The van der Waals surface area contributed by atoms with Crippen molar-refractivity contribution < 1.29 is 14.3 Å². The van der Waals surface area contributed by atoms with E-state index in [1.807, 2.05) is 18.2 Å². The van der Waals surface area contributed by atoms with Gasteiger partial charge >= 0.3 is 0 Å². The largest absolute Gasteiger partial charge is 0.497 e. The second kappa shape index (κ2) is 6.57. The van der Waals surface area contributed by atoms with Gasteiger partial charge in [0.1, 0.15) is 11.5 Å². The molecular weight excluding hydrogens is 280 g/mol. The Kier molecular flexibility index (Phi) is 4.52. The van der Waals surface area contributed by atoms with Crippen LogP contribution in [0.1, 0.15) is 31.2 Å². The molecule has 1 amide bonds. The highest BCUT2D eigenvalue weighted by Crippen LogP contribution is 2.29. The number of ether oxygens (including phenoxy) is 2. The van der Waals surface area contributed by atoms with Crippen LogP contribution in [0.3, 0.4) is 0 Å². The number of nitrogens with one attached hydrogen (secondary N) is 1. The van der Waals surface area contributed by atoms with Gasteiger partial charge in [0.15, 0.2) is 0 Å². The first-order valence-electron chi connectivity index (χ1n) is 7.95. The predicted octanol–water partition coefficient (Wildman–Crippen LogP) is 1.95. The van der Waals surface area contributed by atoms with Crippen molar-refractivity contribution in [2.75, 3.05) is 20.8 Å². The number of carbonyl (C=O) groups excluding carboxylic acids is 1. The van der Waals surface area contributed by atoms with Crippen molar-refractivity contribution in [2.45, 2.75) is 44.3 Å². The molecule has 1 heterocycles. The summed E-state index contributed by atoms with van der Waals surface area (Å²) in [4.78, 5) is 14.3. The Hall–Kier alpha value is -1.75. The summed E-state index contributed by atoms with van der Waals surface area (Å²) in [6.45, 7) is 1.23. The quantitative estimate of drug-likeness (QED) is 0.924. The SMILES string of the molecule is COc1cc(CN2CC(=O)N[C@H]3CCCC[C@H]32)cc(OC)c1. The summed E-state index contributed by atoms with van der Waals surface area (Å²) < 4.78 is 10.7. The number of benzene rings is 1. The standard InChI is InChI=1S/C17H24N2O3/c1-21-13-7-12(8-14(9-13)22-2)10-19-11-17(20)18-15-5-3-4-6-16(15)19/h7-9,15-16H,3-6,10-11H2,1-2H3,(H,18,20)/t15-,16+/m0/s1. The van der Waals surface area contributed by atoms with Crippen molar-refractivity contribution >= 4 is 5.91 Å². The summed E-state index contributed by atoms with van der Waals surface area (Å²) in [6, 6.07) is 6.67. The average Bonchev–Trinajstić information content (AvgIpc) is 2.54. The Morgan fingerprint density at radius 1 is 1.14 bits per heavy atom. The van der Waals surface area contributed by atoms with Crippen LogP contribution in [0.2, 0.25) is 0 Å². The van der Waals surface area contributed by atoms with Crippen molar-refractivity contribution in [3.63, 3.8) is 0 Å². The number of fused-ring (bicyclic) bond motifs is 1. The fourth-order valence-electron chi connectivity index (χ4n) is 3.64. The molecule has 2 atom stereocenters. The lowest BCUT2D eigenvalue weighted by atomic mass is 9.87. The van der Waals surface area contributed by atoms with Gasteiger partial charge in [0.05, 0.1) is 20.8 Å². The molecule has 3 rings (SSSR count). The molecule has 1 N–H and O–H groups in total. The van der Waals surface area contributed by atoms with Gasteiger partial charge in [-0.25, -0.2) is 0 Å². The summed E-state index contributed by atoms with van der Waals surface area (Å²) in [5.41, 5.74) is 1.12. The zero-order valence-electron chi connectivity index (χ0n) is 13.3. The predicted molar refractivity (Wildman–Crippen MR) is 84.1 cm³/mol. The Labute approximate surface area is 131 Å². The molecule has 1 saturated carbocycles. The number of hydrogen-bond acceptors (Lipinski definition) is 4. The molecule has 0 bridgehead atoms. The third-order valence-electron chi connectivity index (χ3n) is 4.69. The minimum Gasteiger partial charge on any atom is -0.497 e. The number of piperazine rings is 1. The Bertz CT molecular complexity index is 524. The van der Waals surface area contributed by atoms with E-state index in [4.69, 9.17) is 9.47 Å². The van der Waals surface area contributed by atoms with E-state index in [-0.39, 0.29) is 5.91 Å². The van der Waals surface area contributed by atoms with E-state index in [0.717, 1.165) is 36.4 Å². The van der Waals surface area contributed by atoms with Crippen LogP contribution >= 0.6 is 0 Å². The molecular formula is C17H24N2O3. The van der Waals surface area contributed by atoms with E-state index < -0.39 is 0 Å².